The summed E-state index contributed by atoms with van der Waals surface area (Å²) in [5.41, 5.74) is -2.84. The number of nitro groups is 1. The van der Waals surface area contributed by atoms with Crippen LogP contribution in [0.3, 0.4) is 0 Å². The van der Waals surface area contributed by atoms with E-state index in [0.29, 0.717) is 12.0 Å². The summed E-state index contributed by atoms with van der Waals surface area (Å²) in [5, 5.41) is 10.8. The molecule has 14 nitrogen and oxygen atoms in total. The van der Waals surface area contributed by atoms with Gasteiger partial charge in [-0.2, -0.15) is 18.2 Å². The van der Waals surface area contributed by atoms with Gasteiger partial charge in [0.1, 0.15) is 17.1 Å². The monoisotopic (exact) mass is 699 g/mol. The lowest BCUT2D eigenvalue weighted by Gasteiger charge is -2.24. The van der Waals surface area contributed by atoms with Crippen molar-refractivity contribution in [3.63, 3.8) is 0 Å². The Balaban J connectivity index is 0.000000294. The first kappa shape index (κ1) is 37.5. The minimum Gasteiger partial charge on any atom is -0.463 e. The van der Waals surface area contributed by atoms with Crippen LogP contribution in [-0.4, -0.2) is 58.3 Å². The highest BCUT2D eigenvalue weighted by molar-refractivity contribution is 6.32. The van der Waals surface area contributed by atoms with Crippen LogP contribution in [0.25, 0.3) is 0 Å². The smallest absolute Gasteiger partial charge is 0.416 e. The molecule has 1 saturated carbocycles. The molecular formula is C30H33ClF3N5O9. The number of esters is 2. The number of hydrogen-bond donors (Lipinski definition) is 0. The summed E-state index contributed by atoms with van der Waals surface area (Å²) >= 11 is 5.81. The van der Waals surface area contributed by atoms with Crippen LogP contribution in [0.5, 0.6) is 11.5 Å². The molecule has 0 aliphatic heterocycles. The van der Waals surface area contributed by atoms with Gasteiger partial charge in [-0.3, -0.25) is 14.7 Å². The first-order valence-electron chi connectivity index (χ1n) is 14.6. The van der Waals surface area contributed by atoms with E-state index in [1.165, 1.54) is 22.5 Å². The molecule has 48 heavy (non-hydrogen) atoms. The maximum atomic E-state index is 12.7. The highest BCUT2D eigenvalue weighted by atomic mass is 35.5. The van der Waals surface area contributed by atoms with Gasteiger partial charge in [0.2, 0.25) is 5.95 Å². The second-order valence-corrected chi connectivity index (χ2v) is 11.1. The standard InChI is InChI=1S/C18H13ClF3NO7.C12H20N4O2/c1-2-28-16(24)9-29-17(25)12-8-11(4-5-14(12)23(26)27)30-15-6-3-10(7-13(15)19)18(20,21)22;1-14(2)10-13-11(17)16(12(18)15(10)3)9-7-5-4-6-8-9/h3-8H,2,9H2,1H3;9H,4-8H2,1-3H3. The van der Waals surface area contributed by atoms with Crippen LogP contribution in [0.1, 0.15) is 61.0 Å². The number of halogens is 4. The molecule has 0 saturated heterocycles. The minimum atomic E-state index is -4.61. The number of hydrogen-bond acceptors (Lipinski definition) is 11. The number of rotatable bonds is 9. The Morgan fingerprint density at radius 3 is 2.31 bits per heavy atom. The molecule has 0 N–H and O–H groups in total. The molecule has 0 radical (unpaired) electrons. The van der Waals surface area contributed by atoms with Crippen LogP contribution in [-0.2, 0) is 27.5 Å². The van der Waals surface area contributed by atoms with Crippen molar-refractivity contribution in [3.8, 4) is 11.5 Å². The Hall–Kier alpha value is -4.93. The van der Waals surface area contributed by atoms with Crippen molar-refractivity contribution in [2.24, 2.45) is 7.05 Å². The third kappa shape index (κ3) is 9.56. The van der Waals surface area contributed by atoms with Crippen molar-refractivity contribution in [3.05, 3.63) is 83.6 Å². The Bertz CT molecular complexity index is 1770. The minimum absolute atomic E-state index is 0.0219. The zero-order chi connectivity index (χ0) is 35.8. The summed E-state index contributed by atoms with van der Waals surface area (Å²) in [7, 11) is 5.20. The van der Waals surface area contributed by atoms with Gasteiger partial charge in [0, 0.05) is 39.3 Å². The van der Waals surface area contributed by atoms with E-state index in [-0.39, 0.29) is 34.9 Å². The number of aromatic nitrogens is 3. The van der Waals surface area contributed by atoms with Crippen molar-refractivity contribution >= 4 is 35.2 Å². The number of alkyl halides is 3. The number of nitro benzene ring substituents is 1. The topological polar surface area (TPSA) is 165 Å². The number of benzene rings is 2. The van der Waals surface area contributed by atoms with E-state index in [4.69, 9.17) is 21.1 Å². The van der Waals surface area contributed by atoms with Crippen molar-refractivity contribution in [2.75, 3.05) is 32.2 Å². The van der Waals surface area contributed by atoms with E-state index in [1.807, 2.05) is 0 Å². The fourth-order valence-electron chi connectivity index (χ4n) is 4.79. The molecule has 0 unspecified atom stereocenters. The van der Waals surface area contributed by atoms with Crippen LogP contribution in [0.2, 0.25) is 5.02 Å². The van der Waals surface area contributed by atoms with Gasteiger partial charge in [-0.25, -0.2) is 23.7 Å². The largest absolute Gasteiger partial charge is 0.463 e. The Kier molecular flexibility index (Phi) is 12.7. The zero-order valence-corrected chi connectivity index (χ0v) is 27.2. The first-order chi connectivity index (χ1) is 22.5. The summed E-state index contributed by atoms with van der Waals surface area (Å²) in [6, 6.07) is 5.37. The maximum Gasteiger partial charge on any atom is 0.416 e. The van der Waals surface area contributed by atoms with Crippen molar-refractivity contribution in [2.45, 2.75) is 51.2 Å². The average molecular weight is 700 g/mol. The van der Waals surface area contributed by atoms with Gasteiger partial charge in [-0.05, 0) is 44.0 Å². The average Bonchev–Trinajstić information content (AvgIpc) is 3.03. The summed E-state index contributed by atoms with van der Waals surface area (Å²) < 4.78 is 55.5. The molecule has 0 bridgehead atoms. The highest BCUT2D eigenvalue weighted by Gasteiger charge is 2.31. The second kappa shape index (κ2) is 16.3. The number of carbonyl (C=O) groups is 2. The van der Waals surface area contributed by atoms with Gasteiger partial charge in [0.15, 0.2) is 6.61 Å². The van der Waals surface area contributed by atoms with E-state index in [1.54, 1.807) is 26.0 Å². The Morgan fingerprint density at radius 1 is 1.08 bits per heavy atom. The van der Waals surface area contributed by atoms with E-state index in [2.05, 4.69) is 9.72 Å². The van der Waals surface area contributed by atoms with Gasteiger partial charge in [0.05, 0.1) is 22.1 Å². The summed E-state index contributed by atoms with van der Waals surface area (Å²) in [5.74, 6) is -1.96. The van der Waals surface area contributed by atoms with E-state index in [0.717, 1.165) is 56.0 Å². The molecule has 1 aromatic heterocycles. The van der Waals surface area contributed by atoms with Gasteiger partial charge in [-0.15, -0.1) is 0 Å². The fourth-order valence-corrected chi connectivity index (χ4v) is 5.01. The molecule has 18 heteroatoms. The molecule has 4 rings (SSSR count). The third-order valence-electron chi connectivity index (χ3n) is 7.03. The number of nitrogens with zero attached hydrogens (tertiary/aromatic N) is 5. The van der Waals surface area contributed by atoms with E-state index in [9.17, 15) is 42.5 Å². The van der Waals surface area contributed by atoms with Gasteiger partial charge >= 0.3 is 29.5 Å². The summed E-state index contributed by atoms with van der Waals surface area (Å²) in [6.07, 6.45) is 0.543. The van der Waals surface area contributed by atoms with Crippen LogP contribution in [0, 0.1) is 10.1 Å². The molecule has 1 heterocycles. The second-order valence-electron chi connectivity index (χ2n) is 10.7. The predicted molar refractivity (Wildman–Crippen MR) is 167 cm³/mol. The Morgan fingerprint density at radius 2 is 1.75 bits per heavy atom. The molecule has 0 spiro atoms. The van der Waals surface area contributed by atoms with Crippen LogP contribution < -0.4 is 21.0 Å². The van der Waals surface area contributed by atoms with Crippen molar-refractivity contribution in [1.82, 2.24) is 14.1 Å². The molecule has 2 aromatic carbocycles. The normalized spacial score (nSPS) is 13.2. The number of carbonyl (C=O) groups excluding carboxylic acids is 2. The third-order valence-corrected chi connectivity index (χ3v) is 7.33. The van der Waals surface area contributed by atoms with Gasteiger partial charge < -0.3 is 19.1 Å². The molecule has 0 amide bonds. The van der Waals surface area contributed by atoms with E-state index < -0.39 is 52.1 Å². The first-order valence-corrected chi connectivity index (χ1v) is 15.0. The molecule has 260 valence electrons. The number of anilines is 1. The molecular weight excluding hydrogens is 667 g/mol. The van der Waals surface area contributed by atoms with Crippen LogP contribution in [0.4, 0.5) is 24.8 Å². The van der Waals surface area contributed by atoms with Crippen LogP contribution in [0.15, 0.2) is 46.0 Å². The summed E-state index contributed by atoms with van der Waals surface area (Å²) in [4.78, 5) is 63.7. The quantitative estimate of drug-likeness (QED) is 0.162. The van der Waals surface area contributed by atoms with Crippen molar-refractivity contribution in [1.29, 1.82) is 0 Å². The van der Waals surface area contributed by atoms with Crippen molar-refractivity contribution < 1.29 is 41.9 Å². The molecule has 1 aliphatic rings. The molecule has 1 aliphatic carbocycles. The summed E-state index contributed by atoms with van der Waals surface area (Å²) in [6.45, 7) is 0.825. The predicted octanol–water partition coefficient (Wildman–Crippen LogP) is 5.29. The molecule has 0 atom stereocenters. The molecule has 1 fully saturated rings. The fraction of sp³-hybridized carbons (Fsp3) is 0.433. The van der Waals surface area contributed by atoms with E-state index >= 15 is 0 Å². The zero-order valence-electron chi connectivity index (χ0n) is 26.4. The molecule has 3 aromatic rings. The lowest BCUT2D eigenvalue weighted by Crippen LogP contribution is -2.45. The lowest BCUT2D eigenvalue weighted by molar-refractivity contribution is -0.385. The number of ether oxygens (including phenoxy) is 3. The van der Waals surface area contributed by atoms with Gasteiger partial charge in [-0.1, -0.05) is 30.9 Å². The van der Waals surface area contributed by atoms with Gasteiger partial charge in [0.25, 0.3) is 5.69 Å². The lowest BCUT2D eigenvalue weighted by atomic mass is 9.95. The maximum absolute atomic E-state index is 12.7. The Labute approximate surface area is 276 Å². The SMILES string of the molecule is CCOC(=O)COC(=O)c1cc(Oc2ccc(C(F)(F)F)cc2Cl)ccc1[N+](=O)[O-].CN(C)c1nc(=O)n(C2CCCCC2)c(=O)n1C. The van der Waals surface area contributed by atoms with Crippen LogP contribution >= 0.6 is 11.6 Å². The highest BCUT2D eigenvalue weighted by Crippen LogP contribution is 2.37.